The molecule has 1 fully saturated rings. The highest BCUT2D eigenvalue weighted by molar-refractivity contribution is 6.14. The summed E-state index contributed by atoms with van der Waals surface area (Å²) in [5.74, 6) is -0.239. The lowest BCUT2D eigenvalue weighted by Gasteiger charge is -2.22. The van der Waals surface area contributed by atoms with Crippen LogP contribution in [0.1, 0.15) is 30.0 Å². The van der Waals surface area contributed by atoms with Gasteiger partial charge >= 0.3 is 6.03 Å². The molecule has 4 rings (SSSR count). The lowest BCUT2D eigenvalue weighted by molar-refractivity contribution is 0.184. The van der Waals surface area contributed by atoms with Crippen molar-refractivity contribution in [3.8, 4) is 11.5 Å². The number of carbonyl (C=O) groups is 1. The van der Waals surface area contributed by atoms with Crippen molar-refractivity contribution in [2.45, 2.75) is 31.9 Å². The Labute approximate surface area is 192 Å². The highest BCUT2D eigenvalue weighted by Crippen LogP contribution is 2.38. The molecule has 0 spiro atoms. The van der Waals surface area contributed by atoms with Gasteiger partial charge in [0.1, 0.15) is 0 Å². The van der Waals surface area contributed by atoms with Crippen molar-refractivity contribution in [2.75, 3.05) is 39.3 Å². The molecular weight excluding hydrogens is 427 g/mol. The molecule has 0 aromatic heterocycles. The van der Waals surface area contributed by atoms with Crippen LogP contribution in [0.2, 0.25) is 0 Å². The van der Waals surface area contributed by atoms with E-state index in [4.69, 9.17) is 9.47 Å². The zero-order chi connectivity index (χ0) is 23.7. The first-order chi connectivity index (χ1) is 15.9. The average Bonchev–Trinajstić information content (AvgIpc) is 3.20. The Bertz CT molecular complexity index is 1070. The molecule has 2 amide bonds. The van der Waals surface area contributed by atoms with Crippen LogP contribution in [-0.2, 0) is 6.42 Å². The largest absolute Gasteiger partial charge is 0.493 e. The van der Waals surface area contributed by atoms with E-state index in [0.29, 0.717) is 23.4 Å². The number of nitrogens with one attached hydrogen (secondary N) is 1. The fourth-order valence-electron chi connectivity index (χ4n) is 4.42. The maximum absolute atomic E-state index is 15.6. The van der Waals surface area contributed by atoms with Gasteiger partial charge in [0, 0.05) is 42.5 Å². The number of fused-ring (bicyclic) bond motifs is 1. The number of hydrazone groups is 1. The molecule has 2 N–H and O–H groups in total. The average molecular weight is 457 g/mol. The summed E-state index contributed by atoms with van der Waals surface area (Å²) in [4.78, 5) is 14.7. The van der Waals surface area contributed by atoms with E-state index < -0.39 is 5.82 Å². The predicted octanol–water partition coefficient (Wildman–Crippen LogP) is 2.75. The van der Waals surface area contributed by atoms with Gasteiger partial charge in [-0.25, -0.2) is 14.2 Å². The van der Waals surface area contributed by atoms with Crippen LogP contribution in [0.3, 0.4) is 0 Å². The predicted molar refractivity (Wildman–Crippen MR) is 124 cm³/mol. The zero-order valence-corrected chi connectivity index (χ0v) is 19.3. The molecule has 2 aliphatic rings. The first-order valence-electron chi connectivity index (χ1n) is 10.9. The summed E-state index contributed by atoms with van der Waals surface area (Å²) in [6.07, 6.45) is 0.670. The molecule has 9 heteroatoms. The number of methoxy groups -OCH3 is 2. The maximum Gasteiger partial charge on any atom is 0.337 e. The third-order valence-electron chi connectivity index (χ3n) is 6.18. The van der Waals surface area contributed by atoms with Gasteiger partial charge in [0.2, 0.25) is 0 Å². The Morgan fingerprint density at radius 2 is 1.97 bits per heavy atom. The molecule has 0 aliphatic carbocycles. The fourth-order valence-corrected chi connectivity index (χ4v) is 4.42. The molecule has 0 bridgehead atoms. The van der Waals surface area contributed by atoms with Gasteiger partial charge in [-0.2, -0.15) is 5.10 Å². The molecule has 1 saturated heterocycles. The van der Waals surface area contributed by atoms with Crippen LogP contribution in [0.4, 0.5) is 14.9 Å². The molecule has 0 radical (unpaired) electrons. The van der Waals surface area contributed by atoms with Gasteiger partial charge in [0.25, 0.3) is 0 Å². The van der Waals surface area contributed by atoms with E-state index >= 15 is 4.39 Å². The number of halogens is 1. The molecular formula is C24H29FN4O4. The number of carbonyl (C=O) groups excluding carboxylic acids is 1. The summed E-state index contributed by atoms with van der Waals surface area (Å²) in [7, 11) is 4.39. The number of rotatable bonds is 4. The molecule has 2 unspecified atom stereocenters. The number of urea groups is 1. The summed E-state index contributed by atoms with van der Waals surface area (Å²) >= 11 is 0. The number of hydrogen-bond donors (Lipinski definition) is 2. The lowest BCUT2D eigenvalue weighted by atomic mass is 9.93. The lowest BCUT2D eigenvalue weighted by Crippen LogP contribution is -2.41. The second-order valence-electron chi connectivity index (χ2n) is 8.29. The number of ether oxygens (including phenoxy) is 2. The van der Waals surface area contributed by atoms with Crippen LogP contribution >= 0.6 is 0 Å². The number of hydrogen-bond acceptors (Lipinski definition) is 6. The van der Waals surface area contributed by atoms with Crippen molar-refractivity contribution in [1.29, 1.82) is 0 Å². The van der Waals surface area contributed by atoms with E-state index in [9.17, 15) is 9.90 Å². The van der Waals surface area contributed by atoms with Gasteiger partial charge in [-0.1, -0.05) is 12.1 Å². The maximum atomic E-state index is 15.6. The van der Waals surface area contributed by atoms with E-state index in [2.05, 4.69) is 15.3 Å². The van der Waals surface area contributed by atoms with E-state index in [0.717, 1.165) is 24.2 Å². The van der Waals surface area contributed by atoms with Crippen molar-refractivity contribution in [2.24, 2.45) is 5.10 Å². The van der Waals surface area contributed by atoms with Crippen molar-refractivity contribution in [3.05, 3.63) is 52.8 Å². The normalized spacial score (nSPS) is 20.1. The highest BCUT2D eigenvalue weighted by atomic mass is 19.1. The minimum Gasteiger partial charge on any atom is -0.493 e. The molecule has 176 valence electrons. The molecule has 8 nitrogen and oxygen atoms in total. The molecule has 33 heavy (non-hydrogen) atoms. The number of benzene rings is 2. The van der Waals surface area contributed by atoms with Crippen molar-refractivity contribution >= 4 is 17.4 Å². The first kappa shape index (κ1) is 22.8. The zero-order valence-electron chi connectivity index (χ0n) is 19.3. The molecule has 2 heterocycles. The molecule has 2 atom stereocenters. The van der Waals surface area contributed by atoms with Crippen molar-refractivity contribution in [3.63, 3.8) is 0 Å². The number of amides is 2. The van der Waals surface area contributed by atoms with Crippen LogP contribution in [0, 0.1) is 5.82 Å². The third kappa shape index (κ3) is 4.20. The van der Waals surface area contributed by atoms with E-state index in [1.54, 1.807) is 6.07 Å². The smallest absolute Gasteiger partial charge is 0.337 e. The first-order valence-corrected chi connectivity index (χ1v) is 10.9. The van der Waals surface area contributed by atoms with Crippen LogP contribution in [-0.4, -0.2) is 68.4 Å². The van der Waals surface area contributed by atoms with Crippen molar-refractivity contribution in [1.82, 2.24) is 10.3 Å². The van der Waals surface area contributed by atoms with E-state index in [-0.39, 0.29) is 36.1 Å². The van der Waals surface area contributed by atoms with Gasteiger partial charge in [-0.15, -0.1) is 0 Å². The van der Waals surface area contributed by atoms with Crippen molar-refractivity contribution < 1.29 is 23.8 Å². The molecule has 0 saturated carbocycles. The van der Waals surface area contributed by atoms with Gasteiger partial charge in [0.15, 0.2) is 17.3 Å². The molecule has 2 aromatic rings. The minimum atomic E-state index is -0.521. The fraction of sp³-hybridized carbons (Fsp3) is 0.417. The molecule has 2 aromatic carbocycles. The standard InChI is InChI=1S/C24H29FN4O4/c1-14-11-18-19(12-20(32-3)23(33-4)21(18)25)22(27-29(14)24(31)26-2)15-5-7-16(8-6-15)28-10-9-17(30)13-28/h5-8,12,14,17,30H,9-11,13H2,1-4H3,(H,26,31). The van der Waals surface area contributed by atoms with Gasteiger partial charge in [-0.3, -0.25) is 0 Å². The molecule has 2 aliphatic heterocycles. The van der Waals surface area contributed by atoms with Gasteiger partial charge in [0.05, 0.1) is 32.1 Å². The van der Waals surface area contributed by atoms with Crippen LogP contribution < -0.4 is 19.7 Å². The number of aliphatic hydroxyl groups excluding tert-OH is 1. The number of nitrogens with zero attached hydrogens (tertiary/aromatic N) is 3. The van der Waals surface area contributed by atoms with Crippen LogP contribution in [0.5, 0.6) is 11.5 Å². The van der Waals surface area contributed by atoms with Gasteiger partial charge < -0.3 is 24.8 Å². The minimum absolute atomic E-state index is 0.0270. The van der Waals surface area contributed by atoms with Gasteiger partial charge in [-0.05, 0) is 38.0 Å². The van der Waals surface area contributed by atoms with E-state index in [1.807, 2.05) is 31.2 Å². The summed E-state index contributed by atoms with van der Waals surface area (Å²) in [5.41, 5.74) is 3.14. The monoisotopic (exact) mass is 456 g/mol. The number of anilines is 1. The Balaban J connectivity index is 1.85. The summed E-state index contributed by atoms with van der Waals surface area (Å²) < 4.78 is 26.2. The Hall–Kier alpha value is -3.33. The Morgan fingerprint density at radius 3 is 2.55 bits per heavy atom. The summed E-state index contributed by atoms with van der Waals surface area (Å²) in [5, 5.41) is 18.5. The van der Waals surface area contributed by atoms with Crippen LogP contribution in [0.15, 0.2) is 35.4 Å². The number of aliphatic hydroxyl groups is 1. The highest BCUT2D eigenvalue weighted by Gasteiger charge is 2.31. The third-order valence-corrected chi connectivity index (χ3v) is 6.18. The second-order valence-corrected chi connectivity index (χ2v) is 8.29. The summed E-state index contributed by atoms with van der Waals surface area (Å²) in [6, 6.07) is 8.64. The Kier molecular flexibility index (Phi) is 6.42. The topological polar surface area (TPSA) is 86.6 Å². The Morgan fingerprint density at radius 1 is 1.24 bits per heavy atom. The van der Waals surface area contributed by atoms with E-state index in [1.165, 1.54) is 26.3 Å². The quantitative estimate of drug-likeness (QED) is 0.739. The summed E-state index contributed by atoms with van der Waals surface area (Å²) in [6.45, 7) is 3.20. The van der Waals surface area contributed by atoms with Crippen LogP contribution in [0.25, 0.3) is 0 Å². The number of β-amino-alcohol motifs (C(OH)–C–C–N with tert-alkyl or cyclic N) is 1. The SMILES string of the molecule is CNC(=O)N1N=C(c2ccc(N3CCC(O)C3)cc2)c2cc(OC)c(OC)c(F)c2CC1C. The second kappa shape index (κ2) is 9.27.